The van der Waals surface area contributed by atoms with Gasteiger partial charge in [0.05, 0.1) is 5.41 Å². The molecule has 2 aliphatic rings. The highest BCUT2D eigenvalue weighted by Gasteiger charge is 2.40. The summed E-state index contributed by atoms with van der Waals surface area (Å²) in [5.41, 5.74) is 2.17. The first-order valence-electron chi connectivity index (χ1n) is 10.9. The molecule has 2 saturated carbocycles. The maximum absolute atomic E-state index is 11.2. The second-order valence-corrected chi connectivity index (χ2v) is 9.22. The Morgan fingerprint density at radius 1 is 1.14 bits per heavy atom. The Labute approximate surface area is 169 Å². The third kappa shape index (κ3) is 5.68. The minimum atomic E-state index is -0.731. The molecule has 2 aliphatic carbocycles. The molecular weight excluding hydrogens is 348 g/mol. The maximum Gasteiger partial charge on any atom is 0.310 e. The van der Waals surface area contributed by atoms with Gasteiger partial charge in [-0.2, -0.15) is 0 Å². The zero-order valence-corrected chi connectivity index (χ0v) is 17.6. The predicted molar refractivity (Wildman–Crippen MR) is 115 cm³/mol. The number of hydrogen-bond donors (Lipinski definition) is 3. The van der Waals surface area contributed by atoms with Gasteiger partial charge in [-0.15, -0.1) is 0 Å². The summed E-state index contributed by atoms with van der Waals surface area (Å²) in [5.74, 6) is -0.0390. The van der Waals surface area contributed by atoms with E-state index in [1.807, 2.05) is 0 Å². The van der Waals surface area contributed by atoms with Crippen LogP contribution < -0.4 is 10.6 Å². The van der Waals surface area contributed by atoms with Crippen LogP contribution in [0.3, 0.4) is 0 Å². The summed E-state index contributed by atoms with van der Waals surface area (Å²) in [5, 5.41) is 16.6. The summed E-state index contributed by atoms with van der Waals surface area (Å²) in [6, 6.07) is 12.3. The van der Waals surface area contributed by atoms with Crippen molar-refractivity contribution in [2.45, 2.75) is 77.4 Å². The van der Waals surface area contributed by atoms with Crippen molar-refractivity contribution < 1.29 is 9.90 Å². The van der Waals surface area contributed by atoms with E-state index in [9.17, 15) is 9.90 Å². The molecule has 154 valence electrons. The van der Waals surface area contributed by atoms with Crippen molar-refractivity contribution in [1.82, 2.24) is 10.6 Å². The molecule has 2 atom stereocenters. The molecule has 1 unspecified atom stereocenters. The van der Waals surface area contributed by atoms with Crippen LogP contribution in [-0.4, -0.2) is 35.7 Å². The number of carbonyl (C=O) groups is 1. The lowest BCUT2D eigenvalue weighted by Crippen LogP contribution is -2.45. The molecule has 1 aromatic rings. The molecule has 0 saturated heterocycles. The zero-order chi connectivity index (χ0) is 20.1. The average molecular weight is 385 g/mol. The number of rotatable bonds is 9. The lowest BCUT2D eigenvalue weighted by Gasteiger charge is -2.32. The van der Waals surface area contributed by atoms with Gasteiger partial charge >= 0.3 is 5.97 Å². The van der Waals surface area contributed by atoms with E-state index in [0.717, 1.165) is 19.3 Å². The zero-order valence-electron chi connectivity index (χ0n) is 17.6. The molecule has 0 heterocycles. The lowest BCUT2D eigenvalue weighted by molar-refractivity contribution is -0.146. The number of aliphatic carboxylic acids is 1. The van der Waals surface area contributed by atoms with Gasteiger partial charge in [0.1, 0.15) is 0 Å². The van der Waals surface area contributed by atoms with Crippen molar-refractivity contribution in [2.24, 2.45) is 11.3 Å². The molecule has 1 aromatic carbocycles. The van der Waals surface area contributed by atoms with Crippen molar-refractivity contribution in [3.63, 3.8) is 0 Å². The molecule has 4 nitrogen and oxygen atoms in total. The molecular formula is C24H36N2O2. The van der Waals surface area contributed by atoms with Crippen LogP contribution in [0.15, 0.2) is 35.9 Å². The maximum atomic E-state index is 11.2. The van der Waals surface area contributed by atoms with Crippen LogP contribution >= 0.6 is 0 Å². The SMILES string of the molecule is CCC(=Cc1ccccc1)C1C[C@@H]1NC1CCC(NCC(C)(C)C(=O)O)CC1. The van der Waals surface area contributed by atoms with Gasteiger partial charge in [-0.05, 0) is 63.9 Å². The summed E-state index contributed by atoms with van der Waals surface area (Å²) in [6.45, 7) is 6.38. The van der Waals surface area contributed by atoms with E-state index >= 15 is 0 Å². The van der Waals surface area contributed by atoms with Crippen LogP contribution in [-0.2, 0) is 4.79 Å². The van der Waals surface area contributed by atoms with Crippen molar-refractivity contribution in [3.8, 4) is 0 Å². The first kappa shape index (κ1) is 21.1. The standard InChI is InChI=1S/C24H36N2O2/c1-4-18(14-17-8-6-5-7-9-17)21-15-22(21)26-20-12-10-19(11-13-20)25-16-24(2,3)23(27)28/h5-9,14,19-22,25-26H,4,10-13,15-16H2,1-3H3,(H,27,28)/t19?,20?,21?,22-/m0/s1. The van der Waals surface area contributed by atoms with E-state index in [1.165, 1.54) is 24.8 Å². The Kier molecular flexibility index (Phi) is 6.95. The topological polar surface area (TPSA) is 61.4 Å². The molecule has 0 aromatic heterocycles. The van der Waals surface area contributed by atoms with Crippen LogP contribution in [0.4, 0.5) is 0 Å². The van der Waals surface area contributed by atoms with E-state index in [-0.39, 0.29) is 0 Å². The van der Waals surface area contributed by atoms with Crippen LogP contribution in [0.5, 0.6) is 0 Å². The highest BCUT2D eigenvalue weighted by molar-refractivity contribution is 5.73. The smallest absolute Gasteiger partial charge is 0.310 e. The Morgan fingerprint density at radius 2 is 1.79 bits per heavy atom. The highest BCUT2D eigenvalue weighted by atomic mass is 16.4. The fraction of sp³-hybridized carbons (Fsp3) is 0.625. The highest BCUT2D eigenvalue weighted by Crippen LogP contribution is 2.40. The number of carboxylic acid groups (broad SMARTS) is 1. The van der Waals surface area contributed by atoms with E-state index in [2.05, 4.69) is 54.0 Å². The molecule has 3 rings (SSSR count). The number of hydrogen-bond acceptors (Lipinski definition) is 3. The molecule has 3 N–H and O–H groups in total. The Morgan fingerprint density at radius 3 is 2.39 bits per heavy atom. The Hall–Kier alpha value is -1.65. The molecule has 28 heavy (non-hydrogen) atoms. The number of nitrogens with one attached hydrogen (secondary N) is 2. The third-order valence-corrected chi connectivity index (χ3v) is 6.42. The van der Waals surface area contributed by atoms with E-state index in [4.69, 9.17) is 0 Å². The minimum absolute atomic E-state index is 0.454. The van der Waals surface area contributed by atoms with Crippen LogP contribution in [0, 0.1) is 11.3 Å². The van der Waals surface area contributed by atoms with Gasteiger partial charge in [-0.1, -0.05) is 48.9 Å². The van der Waals surface area contributed by atoms with Crippen LogP contribution in [0.1, 0.15) is 64.9 Å². The van der Waals surface area contributed by atoms with Gasteiger partial charge in [0.15, 0.2) is 0 Å². The van der Waals surface area contributed by atoms with Crippen molar-refractivity contribution in [1.29, 1.82) is 0 Å². The Balaban J connectivity index is 1.41. The third-order valence-electron chi connectivity index (χ3n) is 6.42. The van der Waals surface area contributed by atoms with Crippen molar-refractivity contribution in [3.05, 3.63) is 41.5 Å². The van der Waals surface area contributed by atoms with Crippen molar-refractivity contribution in [2.75, 3.05) is 6.54 Å². The normalized spacial score (nSPS) is 28.2. The van der Waals surface area contributed by atoms with Gasteiger partial charge in [0.2, 0.25) is 0 Å². The van der Waals surface area contributed by atoms with Crippen LogP contribution in [0.2, 0.25) is 0 Å². The van der Waals surface area contributed by atoms with Crippen LogP contribution in [0.25, 0.3) is 6.08 Å². The molecule has 4 heteroatoms. The van der Waals surface area contributed by atoms with Gasteiger partial charge < -0.3 is 15.7 Å². The minimum Gasteiger partial charge on any atom is -0.481 e. The monoisotopic (exact) mass is 384 g/mol. The number of carboxylic acids is 1. The molecule has 0 radical (unpaired) electrons. The molecule has 0 aliphatic heterocycles. The summed E-state index contributed by atoms with van der Waals surface area (Å²) >= 11 is 0. The first-order chi connectivity index (χ1) is 13.4. The summed E-state index contributed by atoms with van der Waals surface area (Å²) in [6.07, 6.45) is 9.37. The van der Waals surface area contributed by atoms with Gasteiger partial charge in [-0.25, -0.2) is 0 Å². The summed E-state index contributed by atoms with van der Waals surface area (Å²) in [7, 11) is 0. The lowest BCUT2D eigenvalue weighted by atomic mass is 9.88. The van der Waals surface area contributed by atoms with E-state index in [0.29, 0.717) is 30.6 Å². The largest absolute Gasteiger partial charge is 0.481 e. The number of benzene rings is 1. The predicted octanol–water partition coefficient (Wildman–Crippen LogP) is 4.47. The quantitative estimate of drug-likeness (QED) is 0.588. The first-order valence-corrected chi connectivity index (χ1v) is 10.9. The fourth-order valence-electron chi connectivity index (χ4n) is 4.27. The van der Waals surface area contributed by atoms with Gasteiger partial charge in [-0.3, -0.25) is 4.79 Å². The van der Waals surface area contributed by atoms with Crippen molar-refractivity contribution >= 4 is 12.0 Å². The molecule has 0 amide bonds. The molecule has 0 bridgehead atoms. The molecule has 0 spiro atoms. The fourth-order valence-corrected chi connectivity index (χ4v) is 4.27. The Bertz CT molecular complexity index is 675. The molecule has 2 fully saturated rings. The van der Waals surface area contributed by atoms with Gasteiger partial charge in [0.25, 0.3) is 0 Å². The second kappa shape index (κ2) is 9.23. The summed E-state index contributed by atoms with van der Waals surface area (Å²) < 4.78 is 0. The second-order valence-electron chi connectivity index (χ2n) is 9.22. The average Bonchev–Trinajstić information content (AvgIpc) is 3.45. The summed E-state index contributed by atoms with van der Waals surface area (Å²) in [4.78, 5) is 11.2. The van der Waals surface area contributed by atoms with Gasteiger partial charge in [0, 0.05) is 24.7 Å². The van der Waals surface area contributed by atoms with E-state index < -0.39 is 11.4 Å². The van der Waals surface area contributed by atoms with E-state index in [1.54, 1.807) is 19.4 Å².